The summed E-state index contributed by atoms with van der Waals surface area (Å²) < 4.78 is 30.2. The number of para-hydroxylation sites is 1. The van der Waals surface area contributed by atoms with Gasteiger partial charge in [0.2, 0.25) is 0 Å². The molecule has 1 aromatic heterocycles. The van der Waals surface area contributed by atoms with E-state index in [1.807, 2.05) is 0 Å². The molecule has 1 heterocycles. The monoisotopic (exact) mass is 240 g/mol. The Kier molecular flexibility index (Phi) is 3.17. The first kappa shape index (κ1) is 11.3. The molecule has 17 heavy (non-hydrogen) atoms. The molecule has 7 heteroatoms. The lowest BCUT2D eigenvalue weighted by Crippen LogP contribution is -2.07. The van der Waals surface area contributed by atoms with Crippen molar-refractivity contribution < 1.29 is 13.5 Å². The van der Waals surface area contributed by atoms with E-state index in [1.54, 1.807) is 18.2 Å². The Morgan fingerprint density at radius 3 is 2.76 bits per heavy atom. The second-order valence-corrected chi connectivity index (χ2v) is 3.33. The molecule has 1 aromatic carbocycles. The molecule has 0 saturated carbocycles. The average Bonchev–Trinajstić information content (AvgIpc) is 2.66. The third kappa shape index (κ3) is 2.90. The number of nitrogen functional groups attached to an aromatic ring is 1. The lowest BCUT2D eigenvalue weighted by Gasteiger charge is -2.09. The molecule has 0 aliphatic heterocycles. The number of halogens is 2. The summed E-state index contributed by atoms with van der Waals surface area (Å²) in [5.74, 6) is 0.397. The molecule has 0 unspecified atom stereocenters. The molecule has 2 N–H and O–H groups in total. The Labute approximate surface area is 95.8 Å². The second kappa shape index (κ2) is 4.77. The molecule has 0 saturated heterocycles. The van der Waals surface area contributed by atoms with Crippen LogP contribution < -0.4 is 10.5 Å². The predicted octanol–water partition coefficient (Wildman–Crippen LogP) is 1.51. The van der Waals surface area contributed by atoms with Crippen LogP contribution in [0.2, 0.25) is 0 Å². The number of rotatable bonds is 4. The molecule has 0 aliphatic rings. The second-order valence-electron chi connectivity index (χ2n) is 3.33. The average molecular weight is 240 g/mol. The maximum atomic E-state index is 12.2. The number of benzene rings is 1. The SMILES string of the molecule is Nc1cn(Cc2ccccc2OC(F)F)nn1. The van der Waals surface area contributed by atoms with Gasteiger partial charge in [-0.05, 0) is 6.07 Å². The topological polar surface area (TPSA) is 66.0 Å². The van der Waals surface area contributed by atoms with E-state index in [1.165, 1.54) is 16.9 Å². The molecular weight excluding hydrogens is 230 g/mol. The number of alkyl halides is 2. The summed E-state index contributed by atoms with van der Waals surface area (Å²) in [5, 5.41) is 7.34. The van der Waals surface area contributed by atoms with E-state index >= 15 is 0 Å². The highest BCUT2D eigenvalue weighted by Crippen LogP contribution is 2.20. The van der Waals surface area contributed by atoms with E-state index in [2.05, 4.69) is 15.0 Å². The van der Waals surface area contributed by atoms with Gasteiger partial charge in [-0.3, -0.25) is 0 Å². The number of hydrogen-bond acceptors (Lipinski definition) is 4. The van der Waals surface area contributed by atoms with Crippen molar-refractivity contribution in [3.05, 3.63) is 36.0 Å². The molecular formula is C10H10F2N4O. The summed E-state index contributed by atoms with van der Waals surface area (Å²) in [5.41, 5.74) is 5.99. The van der Waals surface area contributed by atoms with E-state index in [-0.39, 0.29) is 18.1 Å². The lowest BCUT2D eigenvalue weighted by atomic mass is 10.2. The van der Waals surface area contributed by atoms with Gasteiger partial charge in [0.1, 0.15) is 5.75 Å². The summed E-state index contributed by atoms with van der Waals surface area (Å²) in [6, 6.07) is 6.50. The Balaban J connectivity index is 2.20. The number of hydrogen-bond donors (Lipinski definition) is 1. The number of nitrogens with zero attached hydrogens (tertiary/aromatic N) is 3. The van der Waals surface area contributed by atoms with E-state index in [4.69, 9.17) is 5.73 Å². The van der Waals surface area contributed by atoms with Crippen molar-refractivity contribution in [3.63, 3.8) is 0 Å². The largest absolute Gasteiger partial charge is 0.434 e. The first-order valence-electron chi connectivity index (χ1n) is 4.83. The highest BCUT2D eigenvalue weighted by atomic mass is 19.3. The van der Waals surface area contributed by atoms with Gasteiger partial charge in [-0.1, -0.05) is 23.4 Å². The fraction of sp³-hybridized carbons (Fsp3) is 0.200. The molecule has 0 spiro atoms. The molecule has 0 amide bonds. The van der Waals surface area contributed by atoms with Gasteiger partial charge >= 0.3 is 6.61 Å². The van der Waals surface area contributed by atoms with Crippen molar-refractivity contribution in [2.24, 2.45) is 0 Å². The molecule has 0 radical (unpaired) electrons. The van der Waals surface area contributed by atoms with Crippen LogP contribution in [-0.4, -0.2) is 21.6 Å². The van der Waals surface area contributed by atoms with Gasteiger partial charge in [0, 0.05) is 5.56 Å². The fourth-order valence-corrected chi connectivity index (χ4v) is 1.41. The zero-order valence-corrected chi connectivity index (χ0v) is 8.75. The summed E-state index contributed by atoms with van der Waals surface area (Å²) in [6.45, 7) is -2.58. The summed E-state index contributed by atoms with van der Waals surface area (Å²) in [7, 11) is 0. The first-order valence-corrected chi connectivity index (χ1v) is 4.83. The molecule has 90 valence electrons. The van der Waals surface area contributed by atoms with Crippen molar-refractivity contribution in [2.75, 3.05) is 5.73 Å². The lowest BCUT2D eigenvalue weighted by molar-refractivity contribution is -0.0505. The number of ether oxygens (including phenoxy) is 1. The maximum Gasteiger partial charge on any atom is 0.387 e. The predicted molar refractivity (Wildman–Crippen MR) is 56.6 cm³/mol. The number of aromatic nitrogens is 3. The zero-order chi connectivity index (χ0) is 12.3. The van der Waals surface area contributed by atoms with Crippen LogP contribution in [0.15, 0.2) is 30.5 Å². The van der Waals surface area contributed by atoms with Crippen molar-refractivity contribution in [1.82, 2.24) is 15.0 Å². The van der Waals surface area contributed by atoms with Gasteiger partial charge in [-0.25, -0.2) is 4.68 Å². The zero-order valence-electron chi connectivity index (χ0n) is 8.75. The third-order valence-corrected chi connectivity index (χ3v) is 2.08. The minimum Gasteiger partial charge on any atom is -0.434 e. The Morgan fingerprint density at radius 2 is 2.12 bits per heavy atom. The van der Waals surface area contributed by atoms with Gasteiger partial charge in [0.25, 0.3) is 0 Å². The molecule has 0 fully saturated rings. The van der Waals surface area contributed by atoms with E-state index in [0.717, 1.165) is 0 Å². The van der Waals surface area contributed by atoms with Crippen LogP contribution in [0.1, 0.15) is 5.56 Å². The Morgan fingerprint density at radius 1 is 1.35 bits per heavy atom. The smallest absolute Gasteiger partial charge is 0.387 e. The Hall–Kier alpha value is -2.18. The summed E-state index contributed by atoms with van der Waals surface area (Å²) >= 11 is 0. The van der Waals surface area contributed by atoms with Gasteiger partial charge in [-0.2, -0.15) is 8.78 Å². The Bertz CT molecular complexity index is 501. The van der Waals surface area contributed by atoms with Crippen LogP contribution in [0, 0.1) is 0 Å². The van der Waals surface area contributed by atoms with Crippen molar-refractivity contribution >= 4 is 5.82 Å². The standard InChI is InChI=1S/C10H10F2N4O/c11-10(12)17-8-4-2-1-3-7(8)5-16-6-9(13)14-15-16/h1-4,6,10H,5,13H2. The van der Waals surface area contributed by atoms with Crippen LogP contribution in [0.5, 0.6) is 5.75 Å². The molecule has 0 atom stereocenters. The fourth-order valence-electron chi connectivity index (χ4n) is 1.41. The summed E-state index contributed by atoms with van der Waals surface area (Å²) in [6.07, 6.45) is 1.51. The quantitative estimate of drug-likeness (QED) is 0.879. The van der Waals surface area contributed by atoms with Crippen LogP contribution in [-0.2, 0) is 6.54 Å². The van der Waals surface area contributed by atoms with Crippen LogP contribution >= 0.6 is 0 Å². The van der Waals surface area contributed by atoms with Gasteiger partial charge < -0.3 is 10.5 Å². The molecule has 2 aromatic rings. The minimum atomic E-state index is -2.85. The maximum absolute atomic E-state index is 12.2. The van der Waals surface area contributed by atoms with E-state index in [9.17, 15) is 8.78 Å². The molecule has 0 bridgehead atoms. The molecule has 5 nitrogen and oxygen atoms in total. The van der Waals surface area contributed by atoms with Gasteiger partial charge in [-0.15, -0.1) is 5.10 Å². The molecule has 0 aliphatic carbocycles. The van der Waals surface area contributed by atoms with Crippen molar-refractivity contribution in [2.45, 2.75) is 13.2 Å². The highest BCUT2D eigenvalue weighted by Gasteiger charge is 2.09. The number of anilines is 1. The van der Waals surface area contributed by atoms with Crippen LogP contribution in [0.3, 0.4) is 0 Å². The summed E-state index contributed by atoms with van der Waals surface area (Å²) in [4.78, 5) is 0. The van der Waals surface area contributed by atoms with Crippen molar-refractivity contribution in [3.8, 4) is 5.75 Å². The third-order valence-electron chi connectivity index (χ3n) is 2.08. The van der Waals surface area contributed by atoms with Crippen molar-refractivity contribution in [1.29, 1.82) is 0 Å². The normalized spacial score (nSPS) is 10.8. The first-order chi connectivity index (χ1) is 8.15. The van der Waals surface area contributed by atoms with E-state index < -0.39 is 6.61 Å². The van der Waals surface area contributed by atoms with Gasteiger partial charge in [0.15, 0.2) is 5.82 Å². The van der Waals surface area contributed by atoms with Gasteiger partial charge in [0.05, 0.1) is 12.7 Å². The molecule has 2 rings (SSSR count). The van der Waals surface area contributed by atoms with E-state index in [0.29, 0.717) is 5.56 Å². The highest BCUT2D eigenvalue weighted by molar-refractivity contribution is 5.33. The van der Waals surface area contributed by atoms with Crippen LogP contribution in [0.25, 0.3) is 0 Å². The number of nitrogens with two attached hydrogens (primary N) is 1. The van der Waals surface area contributed by atoms with Crippen LogP contribution in [0.4, 0.5) is 14.6 Å². The minimum absolute atomic E-state index is 0.122.